The van der Waals surface area contributed by atoms with Crippen molar-refractivity contribution in [3.63, 3.8) is 0 Å². The average Bonchev–Trinajstić information content (AvgIpc) is 3.10. The number of rotatable bonds is 26. The van der Waals surface area contributed by atoms with E-state index in [1.54, 1.807) is 20.8 Å². The number of amides is 4. The topological polar surface area (TPSA) is 244 Å². The Hall–Kier alpha value is -4.54. The molecule has 1 aromatic rings. The number of hydrogen-bond acceptors (Lipinski definition) is 10. The molecule has 4 atom stereocenters. The summed E-state index contributed by atoms with van der Waals surface area (Å²) >= 11 is 0. The highest BCUT2D eigenvalue weighted by molar-refractivity contribution is 7.52. The van der Waals surface area contributed by atoms with Gasteiger partial charge < -0.3 is 45.3 Å². The van der Waals surface area contributed by atoms with Gasteiger partial charge in [0.2, 0.25) is 11.8 Å². The number of alkyl halides is 2. The van der Waals surface area contributed by atoms with Crippen LogP contribution in [0.5, 0.6) is 0 Å². The molecule has 0 heterocycles. The van der Waals surface area contributed by atoms with Crippen LogP contribution in [0, 0.1) is 11.8 Å². The summed E-state index contributed by atoms with van der Waals surface area (Å²) in [7, 11) is -5.82. The molecule has 0 saturated heterocycles. The second-order valence-electron chi connectivity index (χ2n) is 15.1. The maximum absolute atomic E-state index is 14.2. The van der Waals surface area contributed by atoms with Crippen LogP contribution in [0.4, 0.5) is 18.4 Å². The summed E-state index contributed by atoms with van der Waals surface area (Å²) in [6, 6.07) is 1.96. The highest BCUT2D eigenvalue weighted by Gasteiger charge is 2.50. The molecule has 6 N–H and O–H groups in total. The van der Waals surface area contributed by atoms with Gasteiger partial charge in [0.15, 0.2) is 11.6 Å². The van der Waals surface area contributed by atoms with Crippen LogP contribution in [0.3, 0.4) is 0 Å². The van der Waals surface area contributed by atoms with Crippen LogP contribution in [0.25, 0.3) is 0 Å². The van der Waals surface area contributed by atoms with Crippen LogP contribution >= 0.6 is 7.60 Å². The maximum atomic E-state index is 14.2. The summed E-state index contributed by atoms with van der Waals surface area (Å²) in [6.07, 6.45) is 1.41. The van der Waals surface area contributed by atoms with Crippen molar-refractivity contribution in [3.05, 3.63) is 48.0 Å². The van der Waals surface area contributed by atoms with Crippen LogP contribution in [0.15, 0.2) is 36.9 Å². The molecule has 19 heteroatoms. The first-order valence-corrected chi connectivity index (χ1v) is 20.6. The van der Waals surface area contributed by atoms with Crippen molar-refractivity contribution in [1.29, 1.82) is 0 Å². The normalized spacial score (nSPS) is 13.8. The number of ether oxygens (including phenoxy) is 2. The molecule has 0 saturated carbocycles. The predicted octanol–water partition coefficient (Wildman–Crippen LogP) is 4.98. The largest absolute Gasteiger partial charge is 0.445 e. The Morgan fingerprint density at radius 2 is 1.36 bits per heavy atom. The third-order valence-corrected chi connectivity index (χ3v) is 9.62. The highest BCUT2D eigenvalue weighted by Crippen LogP contribution is 2.59. The number of halogens is 2. The van der Waals surface area contributed by atoms with E-state index >= 15 is 0 Å². The molecule has 58 heavy (non-hydrogen) atoms. The molecular formula is C39H59F2N4O12P. The van der Waals surface area contributed by atoms with E-state index in [2.05, 4.69) is 27.8 Å². The average molecular weight is 845 g/mol. The van der Waals surface area contributed by atoms with Crippen molar-refractivity contribution >= 4 is 48.9 Å². The molecule has 4 unspecified atom stereocenters. The van der Waals surface area contributed by atoms with Crippen LogP contribution < -0.4 is 21.3 Å². The quantitative estimate of drug-likeness (QED) is 0.0411. The molecule has 0 bridgehead atoms. The van der Waals surface area contributed by atoms with Crippen molar-refractivity contribution < 1.29 is 66.2 Å². The molecular weight excluding hydrogens is 785 g/mol. The Balaban J connectivity index is 3.07. The zero-order chi connectivity index (χ0) is 44.3. The Kier molecular flexibility index (Phi) is 21.7. The first-order chi connectivity index (χ1) is 26.9. The van der Waals surface area contributed by atoms with Gasteiger partial charge in [0.25, 0.3) is 0 Å². The number of hydrogen-bond donors (Lipinski definition) is 6. The monoisotopic (exact) mass is 844 g/mol. The highest BCUT2D eigenvalue weighted by atomic mass is 31.2. The zero-order valence-corrected chi connectivity index (χ0v) is 35.0. The fraction of sp³-hybridized carbons (Fsp3) is 0.615. The molecule has 0 aromatic heterocycles. The van der Waals surface area contributed by atoms with Gasteiger partial charge in [0, 0.05) is 43.3 Å². The van der Waals surface area contributed by atoms with Crippen molar-refractivity contribution in [2.24, 2.45) is 11.8 Å². The molecule has 0 spiro atoms. The third kappa shape index (κ3) is 19.7. The first-order valence-electron chi connectivity index (χ1n) is 19.0. The Bertz CT molecular complexity index is 1630. The van der Waals surface area contributed by atoms with E-state index in [1.165, 1.54) is 26.8 Å². The van der Waals surface area contributed by atoms with E-state index < -0.39 is 78.1 Å². The molecule has 1 rings (SSSR count). The Labute approximate surface area is 338 Å². The first kappa shape index (κ1) is 51.5. The van der Waals surface area contributed by atoms with Gasteiger partial charge in [-0.05, 0) is 85.1 Å². The number of Topliss-reactive ketones (excluding diaryl/α,β-unsaturated/α-hetero) is 3. The number of unbranched alkanes of at least 4 members (excludes halogenated alkanes) is 2. The minimum Gasteiger partial charge on any atom is -0.445 e. The lowest BCUT2D eigenvalue weighted by atomic mass is 9.91. The summed E-state index contributed by atoms with van der Waals surface area (Å²) in [5.41, 5.74) is -5.74. The molecule has 0 fully saturated rings. The number of nitrogens with one attached hydrogen (secondary N) is 4. The van der Waals surface area contributed by atoms with Gasteiger partial charge in [-0.25, -0.2) is 9.59 Å². The molecule has 0 aliphatic heterocycles. The molecule has 0 aliphatic rings. The summed E-state index contributed by atoms with van der Waals surface area (Å²) in [6.45, 7) is 13.2. The van der Waals surface area contributed by atoms with Crippen LogP contribution in [0.2, 0.25) is 0 Å². The molecule has 326 valence electrons. The van der Waals surface area contributed by atoms with Crippen LogP contribution in [-0.4, -0.2) is 88.5 Å². The minimum absolute atomic E-state index is 0.00610. The van der Waals surface area contributed by atoms with Gasteiger partial charge in [-0.2, -0.15) is 8.78 Å². The fourth-order valence-corrected chi connectivity index (χ4v) is 6.04. The van der Waals surface area contributed by atoms with E-state index in [9.17, 15) is 46.9 Å². The number of carbonyl (C=O) groups excluding carboxylic acids is 7. The second kappa shape index (κ2) is 24.4. The van der Waals surface area contributed by atoms with Gasteiger partial charge >= 0.3 is 25.4 Å². The molecule has 16 nitrogen and oxygen atoms in total. The number of carbonyl (C=O) groups is 7. The Morgan fingerprint density at radius 1 is 0.828 bits per heavy atom. The van der Waals surface area contributed by atoms with E-state index in [0.29, 0.717) is 37.8 Å². The number of alkyl carbamates (subject to hydrolysis) is 2. The maximum Gasteiger partial charge on any atom is 0.407 e. The Morgan fingerprint density at radius 3 is 1.86 bits per heavy atom. The molecule has 4 amide bonds. The van der Waals surface area contributed by atoms with Crippen molar-refractivity contribution in [2.45, 2.75) is 123 Å². The third-order valence-electron chi connectivity index (χ3n) is 8.63. The molecule has 0 aliphatic carbocycles. The predicted molar refractivity (Wildman–Crippen MR) is 210 cm³/mol. The zero-order valence-electron chi connectivity index (χ0n) is 34.1. The summed E-state index contributed by atoms with van der Waals surface area (Å²) in [4.78, 5) is 107. The number of ketones is 3. The van der Waals surface area contributed by atoms with E-state index in [4.69, 9.17) is 19.3 Å². The SMILES string of the molecule is C=CCOC(=O)NCCCCC(NC(=O)C(CC(C)=O)Cc1ccc(C(F)(F)P(=O)(O)O)cc1)C(=O)CC(C)C(=O)NC(CCCCNC(=O)OC(C)(C)C)C(C)=O. The van der Waals surface area contributed by atoms with E-state index in [-0.39, 0.29) is 56.8 Å². The lowest BCUT2D eigenvalue weighted by Gasteiger charge is -2.24. The van der Waals surface area contributed by atoms with Crippen molar-refractivity contribution in [1.82, 2.24) is 21.3 Å². The fourth-order valence-electron chi connectivity index (χ4n) is 5.56. The summed E-state index contributed by atoms with van der Waals surface area (Å²) in [5, 5.41) is 10.5. The lowest BCUT2D eigenvalue weighted by Crippen LogP contribution is -2.46. The minimum atomic E-state index is -5.82. The number of benzene rings is 1. The standard InChI is InChI=1S/C39H59F2N4O12P/c1-8-21-56-36(51)42-19-12-10-14-32(45-35(50)29(23-26(3)46)24-28-15-17-30(18-16-28)39(40,41)58(53,54)55)33(48)22-25(2)34(49)44-31(27(4)47)13-9-11-20-43-37(52)57-38(5,6)7/h8,15-18,25,29,31-32H,1,9-14,19-24H2,2-7H3,(H,42,51)(H,43,52)(H,44,49)(H,45,50)(H2,53,54,55). The van der Waals surface area contributed by atoms with Crippen LogP contribution in [0.1, 0.15) is 104 Å². The smallest absolute Gasteiger partial charge is 0.407 e. The summed E-state index contributed by atoms with van der Waals surface area (Å²) in [5.74, 6) is -4.49. The summed E-state index contributed by atoms with van der Waals surface area (Å²) < 4.78 is 49.7. The van der Waals surface area contributed by atoms with Gasteiger partial charge in [0.05, 0.1) is 12.1 Å². The molecule has 1 aromatic carbocycles. The van der Waals surface area contributed by atoms with Crippen LogP contribution in [-0.2, 0) is 50.1 Å². The lowest BCUT2D eigenvalue weighted by molar-refractivity contribution is -0.134. The van der Waals surface area contributed by atoms with Crippen molar-refractivity contribution in [2.75, 3.05) is 19.7 Å². The van der Waals surface area contributed by atoms with Gasteiger partial charge in [0.1, 0.15) is 18.0 Å². The van der Waals surface area contributed by atoms with E-state index in [0.717, 1.165) is 24.3 Å². The van der Waals surface area contributed by atoms with Gasteiger partial charge in [-0.1, -0.05) is 43.8 Å². The van der Waals surface area contributed by atoms with Gasteiger partial charge in [-0.3, -0.25) is 23.7 Å². The van der Waals surface area contributed by atoms with E-state index in [1.807, 2.05) is 0 Å². The van der Waals surface area contributed by atoms with Gasteiger partial charge in [-0.15, -0.1) is 0 Å². The molecule has 0 radical (unpaired) electrons. The van der Waals surface area contributed by atoms with Crippen molar-refractivity contribution in [3.8, 4) is 0 Å². The second-order valence-corrected chi connectivity index (χ2v) is 16.8.